The van der Waals surface area contributed by atoms with Crippen LogP contribution >= 0.6 is 0 Å². The number of hydrogen-bond acceptors (Lipinski definition) is 5. The van der Waals surface area contributed by atoms with Crippen LogP contribution in [0, 0.1) is 0 Å². The topological polar surface area (TPSA) is 77.2 Å². The quantitative estimate of drug-likeness (QED) is 0.853. The molecule has 6 nitrogen and oxygen atoms in total. The third kappa shape index (κ3) is 3.80. The molecule has 0 saturated heterocycles. The molecule has 100 valence electrons. The van der Waals surface area contributed by atoms with Crippen LogP contribution in [0.4, 0.5) is 0 Å². The molecule has 6 heteroatoms. The molecule has 1 saturated carbocycles. The number of nitrogens with zero attached hydrogens (tertiary/aromatic N) is 2. The zero-order valence-corrected chi connectivity index (χ0v) is 10.6. The van der Waals surface area contributed by atoms with Gasteiger partial charge in [-0.3, -0.25) is 4.79 Å². The minimum absolute atomic E-state index is 0.129. The summed E-state index contributed by atoms with van der Waals surface area (Å²) in [6, 6.07) is 0. The van der Waals surface area contributed by atoms with Crippen molar-refractivity contribution >= 4 is 5.91 Å². The van der Waals surface area contributed by atoms with E-state index in [-0.39, 0.29) is 12.3 Å². The number of nitrogens with one attached hydrogen (secondary N) is 1. The van der Waals surface area contributed by atoms with Crippen LogP contribution in [0.1, 0.15) is 43.8 Å². The highest BCUT2D eigenvalue weighted by Crippen LogP contribution is 2.21. The Morgan fingerprint density at radius 3 is 2.94 bits per heavy atom. The number of rotatable bonds is 5. The van der Waals surface area contributed by atoms with Crippen molar-refractivity contribution in [3.05, 3.63) is 11.7 Å². The van der Waals surface area contributed by atoms with Crippen molar-refractivity contribution in [2.45, 2.75) is 51.2 Å². The highest BCUT2D eigenvalue weighted by Gasteiger charge is 2.16. The van der Waals surface area contributed by atoms with Crippen LogP contribution in [-0.2, 0) is 22.6 Å². The van der Waals surface area contributed by atoms with E-state index in [0.717, 1.165) is 12.8 Å². The fraction of sp³-hybridized carbons (Fsp3) is 0.750. The van der Waals surface area contributed by atoms with Crippen LogP contribution in [0.3, 0.4) is 0 Å². The van der Waals surface area contributed by atoms with Gasteiger partial charge in [-0.15, -0.1) is 0 Å². The molecule has 1 aromatic heterocycles. The molecule has 18 heavy (non-hydrogen) atoms. The van der Waals surface area contributed by atoms with E-state index in [0.29, 0.717) is 24.4 Å². The van der Waals surface area contributed by atoms with E-state index in [4.69, 9.17) is 9.26 Å². The Balaban J connectivity index is 1.77. The zero-order chi connectivity index (χ0) is 12.8. The summed E-state index contributed by atoms with van der Waals surface area (Å²) in [5, 5.41) is 6.26. The van der Waals surface area contributed by atoms with E-state index in [1.165, 1.54) is 19.3 Å². The minimum atomic E-state index is -0.129. The summed E-state index contributed by atoms with van der Waals surface area (Å²) in [6.45, 7) is 0.339. The first-order valence-corrected chi connectivity index (χ1v) is 6.41. The molecule has 0 radical (unpaired) electrons. The van der Waals surface area contributed by atoms with Crippen LogP contribution < -0.4 is 5.32 Å². The van der Waals surface area contributed by atoms with Crippen LogP contribution in [0.2, 0.25) is 0 Å². The van der Waals surface area contributed by atoms with Gasteiger partial charge in [0.25, 0.3) is 5.89 Å². The lowest BCUT2D eigenvalue weighted by molar-refractivity contribution is -0.120. The fourth-order valence-corrected chi connectivity index (χ4v) is 2.07. The molecular formula is C12H19N3O3. The van der Waals surface area contributed by atoms with Crippen LogP contribution in [0.5, 0.6) is 0 Å². The highest BCUT2D eigenvalue weighted by molar-refractivity contribution is 5.77. The van der Waals surface area contributed by atoms with Gasteiger partial charge in [0.1, 0.15) is 6.61 Å². The Kier molecular flexibility index (Phi) is 4.69. The number of carbonyl (C=O) groups excluding carboxylic acids is 1. The van der Waals surface area contributed by atoms with Gasteiger partial charge in [0.05, 0.1) is 12.5 Å². The Morgan fingerprint density at radius 1 is 1.44 bits per heavy atom. The number of carbonyl (C=O) groups is 1. The maximum absolute atomic E-state index is 11.1. The van der Waals surface area contributed by atoms with E-state index in [9.17, 15) is 4.79 Å². The molecule has 0 bridgehead atoms. The number of hydrogen-bond donors (Lipinski definition) is 1. The van der Waals surface area contributed by atoms with E-state index < -0.39 is 0 Å². The first-order valence-electron chi connectivity index (χ1n) is 6.41. The lowest BCUT2D eigenvalue weighted by Gasteiger charge is -2.20. The molecular weight excluding hydrogens is 234 g/mol. The van der Waals surface area contributed by atoms with Crippen molar-refractivity contribution in [3.63, 3.8) is 0 Å². The Hall–Kier alpha value is -1.43. The molecule has 1 fully saturated rings. The molecule has 1 heterocycles. The number of amides is 1. The van der Waals surface area contributed by atoms with Crippen molar-refractivity contribution in [2.24, 2.45) is 0 Å². The van der Waals surface area contributed by atoms with Gasteiger partial charge in [-0.05, 0) is 12.8 Å². The van der Waals surface area contributed by atoms with Gasteiger partial charge >= 0.3 is 0 Å². The average Bonchev–Trinajstić information content (AvgIpc) is 2.85. The van der Waals surface area contributed by atoms with E-state index >= 15 is 0 Å². The molecule has 2 rings (SSSR count). The van der Waals surface area contributed by atoms with Crippen molar-refractivity contribution in [2.75, 3.05) is 7.05 Å². The smallest absolute Gasteiger partial charge is 0.252 e. The normalized spacial score (nSPS) is 16.7. The lowest BCUT2D eigenvalue weighted by Crippen LogP contribution is -2.20. The predicted molar refractivity (Wildman–Crippen MR) is 63.7 cm³/mol. The van der Waals surface area contributed by atoms with Gasteiger partial charge < -0.3 is 14.6 Å². The SMILES string of the molecule is CNC(=O)Cc1noc(COC2CCCCC2)n1. The van der Waals surface area contributed by atoms with E-state index in [1.54, 1.807) is 7.05 Å². The van der Waals surface area contributed by atoms with Gasteiger partial charge in [-0.1, -0.05) is 24.4 Å². The van der Waals surface area contributed by atoms with Crippen molar-refractivity contribution in [1.29, 1.82) is 0 Å². The summed E-state index contributed by atoms with van der Waals surface area (Å²) >= 11 is 0. The molecule has 0 spiro atoms. The largest absolute Gasteiger partial charge is 0.368 e. The lowest BCUT2D eigenvalue weighted by atomic mass is 9.98. The summed E-state index contributed by atoms with van der Waals surface area (Å²) in [5.74, 6) is 0.714. The molecule has 0 unspecified atom stereocenters. The Labute approximate surface area is 106 Å². The van der Waals surface area contributed by atoms with Crippen LogP contribution in [0.15, 0.2) is 4.52 Å². The van der Waals surface area contributed by atoms with Crippen molar-refractivity contribution < 1.29 is 14.1 Å². The maximum atomic E-state index is 11.1. The minimum Gasteiger partial charge on any atom is -0.368 e. The number of likely N-dealkylation sites (N-methyl/N-ethyl adjacent to an activating group) is 1. The van der Waals surface area contributed by atoms with Crippen molar-refractivity contribution in [3.8, 4) is 0 Å². The van der Waals surface area contributed by atoms with Crippen LogP contribution in [0.25, 0.3) is 0 Å². The second kappa shape index (κ2) is 6.49. The van der Waals surface area contributed by atoms with E-state index in [2.05, 4.69) is 15.5 Å². The summed E-state index contributed by atoms with van der Waals surface area (Å²) < 4.78 is 10.8. The first kappa shape index (κ1) is 13.0. The van der Waals surface area contributed by atoms with Gasteiger partial charge in [0.2, 0.25) is 5.91 Å². The third-order valence-electron chi connectivity index (χ3n) is 3.10. The summed E-state index contributed by atoms with van der Waals surface area (Å²) in [5.41, 5.74) is 0. The fourth-order valence-electron chi connectivity index (χ4n) is 2.07. The molecule has 0 atom stereocenters. The standard InChI is InChI=1S/C12H19N3O3/c1-13-11(16)7-10-14-12(18-15-10)8-17-9-5-3-2-4-6-9/h9H,2-8H2,1H3,(H,13,16). The molecule has 0 aliphatic heterocycles. The predicted octanol–water partition coefficient (Wildman–Crippen LogP) is 1.21. The highest BCUT2D eigenvalue weighted by atomic mass is 16.5. The summed E-state index contributed by atoms with van der Waals surface area (Å²) in [6.07, 6.45) is 6.44. The number of aromatic nitrogens is 2. The van der Waals surface area contributed by atoms with E-state index in [1.807, 2.05) is 0 Å². The van der Waals surface area contributed by atoms with Gasteiger partial charge in [-0.2, -0.15) is 4.98 Å². The monoisotopic (exact) mass is 253 g/mol. The molecule has 1 aliphatic rings. The number of ether oxygens (including phenoxy) is 1. The third-order valence-corrected chi connectivity index (χ3v) is 3.10. The second-order valence-electron chi connectivity index (χ2n) is 4.53. The van der Waals surface area contributed by atoms with Gasteiger partial charge in [-0.25, -0.2) is 0 Å². The van der Waals surface area contributed by atoms with Crippen molar-refractivity contribution in [1.82, 2.24) is 15.5 Å². The van der Waals surface area contributed by atoms with Gasteiger partial charge in [0, 0.05) is 7.05 Å². The molecule has 1 aliphatic carbocycles. The molecule has 0 aromatic carbocycles. The maximum Gasteiger partial charge on any atom is 0.252 e. The Morgan fingerprint density at radius 2 is 2.22 bits per heavy atom. The summed E-state index contributed by atoms with van der Waals surface area (Å²) in [7, 11) is 1.58. The zero-order valence-electron chi connectivity index (χ0n) is 10.6. The molecule has 1 N–H and O–H groups in total. The Bertz CT molecular complexity index is 386. The second-order valence-corrected chi connectivity index (χ2v) is 4.53. The molecule has 1 amide bonds. The van der Waals surface area contributed by atoms with Crippen LogP contribution in [-0.4, -0.2) is 29.2 Å². The average molecular weight is 253 g/mol. The molecule has 1 aromatic rings. The van der Waals surface area contributed by atoms with Gasteiger partial charge in [0.15, 0.2) is 5.82 Å². The first-order chi connectivity index (χ1) is 8.78. The summed E-state index contributed by atoms with van der Waals surface area (Å²) in [4.78, 5) is 15.3.